The molecule has 4 rings (SSSR count). The van der Waals surface area contributed by atoms with E-state index in [0.29, 0.717) is 0 Å². The summed E-state index contributed by atoms with van der Waals surface area (Å²) in [7, 11) is 0. The van der Waals surface area contributed by atoms with Gasteiger partial charge in [0.2, 0.25) is 0 Å². The van der Waals surface area contributed by atoms with Crippen molar-refractivity contribution in [2.45, 2.75) is 19.0 Å². The summed E-state index contributed by atoms with van der Waals surface area (Å²) in [6, 6.07) is 22.1. The molecule has 3 heteroatoms. The van der Waals surface area contributed by atoms with Gasteiger partial charge in [-0.2, -0.15) is 0 Å². The summed E-state index contributed by atoms with van der Waals surface area (Å²) < 4.78 is 0. The minimum absolute atomic E-state index is 0.00777. The molecule has 1 aliphatic rings. The lowest BCUT2D eigenvalue weighted by Gasteiger charge is -2.32. The number of rotatable bonds is 3. The maximum absolute atomic E-state index is 13.1. The highest BCUT2D eigenvalue weighted by atomic mass is 16.2. The van der Waals surface area contributed by atoms with E-state index in [9.17, 15) is 4.79 Å². The highest BCUT2D eigenvalue weighted by Gasteiger charge is 2.39. The Bertz CT molecular complexity index is 822. The molecule has 0 fully saturated rings. The summed E-state index contributed by atoms with van der Waals surface area (Å²) in [5.74, 6) is 0.0672. The maximum atomic E-state index is 13.1. The number of aromatic nitrogens is 1. The van der Waals surface area contributed by atoms with Gasteiger partial charge in [0.05, 0.1) is 12.1 Å². The molecule has 118 valence electrons. The van der Waals surface area contributed by atoms with Crippen LogP contribution in [0.5, 0.6) is 0 Å². The SMILES string of the molecule is C[C@H]1c2cnccc2C(=O)N1C(c1ccccc1)c1ccccc1. The summed E-state index contributed by atoms with van der Waals surface area (Å²) in [6.07, 6.45) is 3.50. The lowest BCUT2D eigenvalue weighted by Crippen LogP contribution is -2.32. The summed E-state index contributed by atoms with van der Waals surface area (Å²) in [6.45, 7) is 2.07. The Hall–Kier alpha value is -2.94. The van der Waals surface area contributed by atoms with Gasteiger partial charge in [0.15, 0.2) is 0 Å². The maximum Gasteiger partial charge on any atom is 0.255 e. The topological polar surface area (TPSA) is 33.2 Å². The molecule has 2 aromatic carbocycles. The summed E-state index contributed by atoms with van der Waals surface area (Å²) >= 11 is 0. The quantitative estimate of drug-likeness (QED) is 0.718. The molecular formula is C21H18N2O. The minimum atomic E-state index is -0.109. The number of pyridine rings is 1. The standard InChI is InChI=1S/C21H18N2O/c1-15-19-14-22-13-12-18(19)21(24)23(15)20(16-8-4-2-5-9-16)17-10-6-3-7-11-17/h2-15,20H,1H3/t15-/m0/s1. The first-order chi connectivity index (χ1) is 11.8. The number of fused-ring (bicyclic) bond motifs is 1. The summed E-state index contributed by atoms with van der Waals surface area (Å²) in [4.78, 5) is 19.3. The molecule has 0 radical (unpaired) electrons. The number of nitrogens with zero attached hydrogens (tertiary/aromatic N) is 2. The molecule has 0 bridgehead atoms. The van der Waals surface area contributed by atoms with E-state index in [4.69, 9.17) is 0 Å². The first-order valence-corrected chi connectivity index (χ1v) is 8.14. The minimum Gasteiger partial charge on any atom is -0.321 e. The number of amides is 1. The second-order valence-electron chi connectivity index (χ2n) is 6.08. The van der Waals surface area contributed by atoms with Gasteiger partial charge in [-0.1, -0.05) is 60.7 Å². The van der Waals surface area contributed by atoms with E-state index in [-0.39, 0.29) is 18.0 Å². The van der Waals surface area contributed by atoms with Crippen molar-refractivity contribution in [3.05, 3.63) is 101 Å². The van der Waals surface area contributed by atoms with Crippen LogP contribution in [0.1, 0.15) is 46.1 Å². The normalized spacial score (nSPS) is 16.5. The molecule has 0 unspecified atom stereocenters. The van der Waals surface area contributed by atoms with Crippen molar-refractivity contribution in [3.8, 4) is 0 Å². The number of hydrogen-bond donors (Lipinski definition) is 0. The van der Waals surface area contributed by atoms with Crippen LogP contribution in [0, 0.1) is 0 Å². The zero-order valence-electron chi connectivity index (χ0n) is 13.5. The fourth-order valence-corrected chi connectivity index (χ4v) is 3.52. The van der Waals surface area contributed by atoms with Gasteiger partial charge in [-0.15, -0.1) is 0 Å². The number of benzene rings is 2. The highest BCUT2D eigenvalue weighted by molar-refractivity contribution is 5.99. The molecule has 1 atom stereocenters. The van der Waals surface area contributed by atoms with E-state index in [1.54, 1.807) is 6.20 Å². The summed E-state index contributed by atoms with van der Waals surface area (Å²) in [5, 5.41) is 0. The van der Waals surface area contributed by atoms with E-state index in [1.807, 2.05) is 53.6 Å². The smallest absolute Gasteiger partial charge is 0.255 e. The predicted octanol–water partition coefficient (Wildman–Crippen LogP) is 4.39. The molecule has 0 N–H and O–H groups in total. The third kappa shape index (κ3) is 2.29. The highest BCUT2D eigenvalue weighted by Crippen LogP contribution is 2.41. The monoisotopic (exact) mass is 314 g/mol. The molecule has 0 aliphatic carbocycles. The number of hydrogen-bond acceptors (Lipinski definition) is 2. The zero-order chi connectivity index (χ0) is 16.5. The summed E-state index contributed by atoms with van der Waals surface area (Å²) in [5.41, 5.74) is 3.99. The van der Waals surface area contributed by atoms with Crippen molar-refractivity contribution >= 4 is 5.91 Å². The second kappa shape index (κ2) is 5.93. The third-order valence-corrected chi connectivity index (χ3v) is 4.69. The molecular weight excluding hydrogens is 296 g/mol. The van der Waals surface area contributed by atoms with Gasteiger partial charge < -0.3 is 4.90 Å². The molecule has 0 spiro atoms. The van der Waals surface area contributed by atoms with E-state index in [0.717, 1.165) is 22.3 Å². The van der Waals surface area contributed by atoms with Gasteiger partial charge in [0, 0.05) is 23.5 Å². The van der Waals surface area contributed by atoms with Crippen LogP contribution in [-0.2, 0) is 0 Å². The first kappa shape index (κ1) is 14.6. The molecule has 3 nitrogen and oxygen atoms in total. The third-order valence-electron chi connectivity index (χ3n) is 4.69. The van der Waals surface area contributed by atoms with E-state index < -0.39 is 0 Å². The van der Waals surface area contributed by atoms with Gasteiger partial charge in [0.25, 0.3) is 5.91 Å². The first-order valence-electron chi connectivity index (χ1n) is 8.14. The van der Waals surface area contributed by atoms with Crippen LogP contribution in [0.25, 0.3) is 0 Å². The van der Waals surface area contributed by atoms with Crippen LogP contribution in [0.4, 0.5) is 0 Å². The average Bonchev–Trinajstić information content (AvgIpc) is 2.90. The van der Waals surface area contributed by atoms with Crippen molar-refractivity contribution in [2.75, 3.05) is 0 Å². The van der Waals surface area contributed by atoms with Crippen molar-refractivity contribution < 1.29 is 4.79 Å². The molecule has 3 aromatic rings. The molecule has 1 aromatic heterocycles. The van der Waals surface area contributed by atoms with Crippen molar-refractivity contribution in [3.63, 3.8) is 0 Å². The molecule has 1 aliphatic heterocycles. The Morgan fingerprint density at radius 1 is 0.917 bits per heavy atom. The molecule has 0 saturated carbocycles. The van der Waals surface area contributed by atoms with Crippen molar-refractivity contribution in [1.82, 2.24) is 9.88 Å². The van der Waals surface area contributed by atoms with Crippen molar-refractivity contribution in [2.24, 2.45) is 0 Å². The van der Waals surface area contributed by atoms with Crippen LogP contribution in [0.3, 0.4) is 0 Å². The number of carbonyl (C=O) groups is 1. The average molecular weight is 314 g/mol. The Morgan fingerprint density at radius 2 is 1.50 bits per heavy atom. The van der Waals surface area contributed by atoms with Crippen LogP contribution >= 0.6 is 0 Å². The van der Waals surface area contributed by atoms with Crippen LogP contribution < -0.4 is 0 Å². The van der Waals surface area contributed by atoms with Gasteiger partial charge in [0.1, 0.15) is 0 Å². The predicted molar refractivity (Wildman–Crippen MR) is 93.5 cm³/mol. The Morgan fingerprint density at radius 3 is 2.04 bits per heavy atom. The fraction of sp³-hybridized carbons (Fsp3) is 0.143. The van der Waals surface area contributed by atoms with Gasteiger partial charge in [-0.3, -0.25) is 9.78 Å². The van der Waals surface area contributed by atoms with Gasteiger partial charge >= 0.3 is 0 Å². The van der Waals surface area contributed by atoms with Gasteiger partial charge in [-0.05, 0) is 24.1 Å². The van der Waals surface area contributed by atoms with Crippen molar-refractivity contribution in [1.29, 1.82) is 0 Å². The fourth-order valence-electron chi connectivity index (χ4n) is 3.52. The van der Waals surface area contributed by atoms with Crippen LogP contribution in [-0.4, -0.2) is 15.8 Å². The van der Waals surface area contributed by atoms with Crippen LogP contribution in [0.2, 0.25) is 0 Å². The zero-order valence-corrected chi connectivity index (χ0v) is 13.5. The molecule has 24 heavy (non-hydrogen) atoms. The largest absolute Gasteiger partial charge is 0.321 e. The Kier molecular flexibility index (Phi) is 3.62. The molecule has 2 heterocycles. The molecule has 1 amide bonds. The van der Waals surface area contributed by atoms with Gasteiger partial charge in [-0.25, -0.2) is 0 Å². The number of carbonyl (C=O) groups excluding carboxylic acids is 1. The van der Waals surface area contributed by atoms with Crippen LogP contribution in [0.15, 0.2) is 79.1 Å². The second-order valence-corrected chi connectivity index (χ2v) is 6.08. The Balaban J connectivity index is 1.85. The van der Waals surface area contributed by atoms with E-state index in [2.05, 4.69) is 36.2 Å². The van der Waals surface area contributed by atoms with E-state index in [1.165, 1.54) is 0 Å². The van der Waals surface area contributed by atoms with E-state index >= 15 is 0 Å². The lowest BCUT2D eigenvalue weighted by molar-refractivity contribution is 0.0678. The molecule has 0 saturated heterocycles. The lowest BCUT2D eigenvalue weighted by atomic mass is 9.96. The Labute approximate surface area is 141 Å².